The van der Waals surface area contributed by atoms with E-state index in [1.165, 1.54) is 25.8 Å². The van der Waals surface area contributed by atoms with E-state index < -0.39 is 0 Å². The number of anilines is 1. The van der Waals surface area contributed by atoms with Crippen LogP contribution in [0.2, 0.25) is 0 Å². The monoisotopic (exact) mass is 262 g/mol. The Morgan fingerprint density at radius 1 is 1.26 bits per heavy atom. The van der Waals surface area contributed by atoms with Gasteiger partial charge in [-0.3, -0.25) is 0 Å². The van der Waals surface area contributed by atoms with E-state index in [4.69, 9.17) is 0 Å². The number of rotatable bonds is 6. The number of nitrogens with one attached hydrogen (secondary N) is 2. The average molecular weight is 262 g/mol. The first-order valence-corrected chi connectivity index (χ1v) is 7.63. The fraction of sp³-hybridized carbons (Fsp3) is 0.733. The molecule has 0 saturated carbocycles. The predicted molar refractivity (Wildman–Crippen MR) is 79.5 cm³/mol. The molecule has 0 radical (unpaired) electrons. The highest BCUT2D eigenvalue weighted by Gasteiger charge is 2.12. The maximum Gasteiger partial charge on any atom is 0.223 e. The highest BCUT2D eigenvalue weighted by molar-refractivity contribution is 5.28. The summed E-state index contributed by atoms with van der Waals surface area (Å²) in [7, 11) is 0. The molecule has 0 amide bonds. The molecule has 1 unspecified atom stereocenters. The molecule has 0 aromatic carbocycles. The molecule has 1 atom stereocenters. The van der Waals surface area contributed by atoms with Crippen molar-refractivity contribution in [1.82, 2.24) is 15.3 Å². The Morgan fingerprint density at radius 2 is 2.00 bits per heavy atom. The number of hydrogen-bond acceptors (Lipinski definition) is 4. The van der Waals surface area contributed by atoms with Gasteiger partial charge < -0.3 is 10.6 Å². The van der Waals surface area contributed by atoms with Gasteiger partial charge in [0.05, 0.1) is 0 Å². The molecule has 2 heterocycles. The average Bonchev–Trinajstić information content (AvgIpc) is 2.48. The maximum atomic E-state index is 4.54. The summed E-state index contributed by atoms with van der Waals surface area (Å²) in [5.74, 6) is 1.61. The van der Waals surface area contributed by atoms with E-state index in [-0.39, 0.29) is 0 Å². The fourth-order valence-corrected chi connectivity index (χ4v) is 2.55. The van der Waals surface area contributed by atoms with Crippen molar-refractivity contribution in [3.05, 3.63) is 17.5 Å². The van der Waals surface area contributed by atoms with Gasteiger partial charge in [0.25, 0.3) is 0 Å². The first kappa shape index (κ1) is 14.3. The van der Waals surface area contributed by atoms with Gasteiger partial charge in [0, 0.05) is 17.9 Å². The second kappa shape index (κ2) is 7.43. The standard InChI is InChI=1S/C15H26N4/c1-3-13-10-14(4-2)19-15(18-13)17-9-7-12-6-5-8-16-11-12/h10,12,16H,3-9,11H2,1-2H3,(H,17,18,19). The molecular formula is C15H26N4. The van der Waals surface area contributed by atoms with Crippen molar-refractivity contribution in [3.63, 3.8) is 0 Å². The number of aryl methyl sites for hydroxylation is 2. The van der Waals surface area contributed by atoms with Crippen LogP contribution in [0.1, 0.15) is 44.5 Å². The molecule has 19 heavy (non-hydrogen) atoms. The smallest absolute Gasteiger partial charge is 0.223 e. The van der Waals surface area contributed by atoms with Crippen LogP contribution >= 0.6 is 0 Å². The molecule has 2 rings (SSSR count). The Morgan fingerprint density at radius 3 is 2.58 bits per heavy atom. The highest BCUT2D eigenvalue weighted by atomic mass is 15.1. The van der Waals surface area contributed by atoms with Crippen LogP contribution in [0.5, 0.6) is 0 Å². The largest absolute Gasteiger partial charge is 0.354 e. The van der Waals surface area contributed by atoms with E-state index in [1.54, 1.807) is 0 Å². The Balaban J connectivity index is 1.84. The fourth-order valence-electron chi connectivity index (χ4n) is 2.55. The third-order valence-electron chi connectivity index (χ3n) is 3.79. The Hall–Kier alpha value is -1.16. The van der Waals surface area contributed by atoms with Crippen LogP contribution < -0.4 is 10.6 Å². The van der Waals surface area contributed by atoms with Gasteiger partial charge in [0.1, 0.15) is 0 Å². The van der Waals surface area contributed by atoms with E-state index in [9.17, 15) is 0 Å². The summed E-state index contributed by atoms with van der Waals surface area (Å²) in [5.41, 5.74) is 2.27. The molecule has 106 valence electrons. The van der Waals surface area contributed by atoms with E-state index in [0.717, 1.165) is 49.2 Å². The SMILES string of the molecule is CCc1cc(CC)nc(NCCC2CCCNC2)n1. The number of nitrogens with zero attached hydrogens (tertiary/aromatic N) is 2. The third-order valence-corrected chi connectivity index (χ3v) is 3.79. The Bertz CT molecular complexity index is 363. The summed E-state index contributed by atoms with van der Waals surface area (Å²) in [4.78, 5) is 9.09. The normalized spacial score (nSPS) is 19.4. The highest BCUT2D eigenvalue weighted by Crippen LogP contribution is 2.14. The van der Waals surface area contributed by atoms with Gasteiger partial charge in [-0.2, -0.15) is 0 Å². The van der Waals surface area contributed by atoms with Crippen LogP contribution in [-0.4, -0.2) is 29.6 Å². The molecule has 1 aromatic rings. The molecular weight excluding hydrogens is 236 g/mol. The van der Waals surface area contributed by atoms with Crippen LogP contribution in [0.3, 0.4) is 0 Å². The topological polar surface area (TPSA) is 49.8 Å². The van der Waals surface area contributed by atoms with E-state index >= 15 is 0 Å². The van der Waals surface area contributed by atoms with Crippen LogP contribution in [0.25, 0.3) is 0 Å². The molecule has 1 fully saturated rings. The molecule has 0 bridgehead atoms. The van der Waals surface area contributed by atoms with Gasteiger partial charge in [-0.15, -0.1) is 0 Å². The lowest BCUT2D eigenvalue weighted by Crippen LogP contribution is -2.30. The minimum atomic E-state index is 0.806. The van der Waals surface area contributed by atoms with Gasteiger partial charge in [-0.05, 0) is 57.2 Å². The van der Waals surface area contributed by atoms with Crippen molar-refractivity contribution >= 4 is 5.95 Å². The zero-order valence-corrected chi connectivity index (χ0v) is 12.2. The molecule has 1 saturated heterocycles. The van der Waals surface area contributed by atoms with Crippen molar-refractivity contribution in [1.29, 1.82) is 0 Å². The molecule has 0 spiro atoms. The van der Waals surface area contributed by atoms with Gasteiger partial charge in [-0.25, -0.2) is 9.97 Å². The zero-order chi connectivity index (χ0) is 13.5. The van der Waals surface area contributed by atoms with Crippen LogP contribution in [-0.2, 0) is 12.8 Å². The van der Waals surface area contributed by atoms with Crippen molar-refractivity contribution in [2.45, 2.75) is 46.0 Å². The third kappa shape index (κ3) is 4.46. The Labute approximate surface area is 116 Å². The second-order valence-electron chi connectivity index (χ2n) is 5.31. The van der Waals surface area contributed by atoms with Crippen LogP contribution in [0.4, 0.5) is 5.95 Å². The predicted octanol–water partition coefficient (Wildman–Crippen LogP) is 2.40. The van der Waals surface area contributed by atoms with Crippen molar-refractivity contribution in [2.24, 2.45) is 5.92 Å². The number of aromatic nitrogens is 2. The molecule has 4 nitrogen and oxygen atoms in total. The minimum Gasteiger partial charge on any atom is -0.354 e. The molecule has 0 aliphatic carbocycles. The van der Waals surface area contributed by atoms with Gasteiger partial charge in [0.15, 0.2) is 0 Å². The van der Waals surface area contributed by atoms with Crippen LogP contribution in [0.15, 0.2) is 6.07 Å². The summed E-state index contributed by atoms with van der Waals surface area (Å²) in [6.45, 7) is 7.60. The first-order chi connectivity index (χ1) is 9.31. The van der Waals surface area contributed by atoms with E-state index in [0.29, 0.717) is 0 Å². The second-order valence-corrected chi connectivity index (χ2v) is 5.31. The van der Waals surface area contributed by atoms with Crippen molar-refractivity contribution < 1.29 is 0 Å². The van der Waals surface area contributed by atoms with Crippen molar-refractivity contribution in [2.75, 3.05) is 25.0 Å². The first-order valence-electron chi connectivity index (χ1n) is 7.63. The molecule has 2 N–H and O–H groups in total. The van der Waals surface area contributed by atoms with E-state index in [1.807, 2.05) is 0 Å². The lowest BCUT2D eigenvalue weighted by atomic mass is 9.96. The molecule has 1 aliphatic rings. The molecule has 4 heteroatoms. The quantitative estimate of drug-likeness (QED) is 0.826. The van der Waals surface area contributed by atoms with Crippen LogP contribution in [0, 0.1) is 5.92 Å². The van der Waals surface area contributed by atoms with Crippen molar-refractivity contribution in [3.8, 4) is 0 Å². The summed E-state index contributed by atoms with van der Waals surface area (Å²) < 4.78 is 0. The lowest BCUT2D eigenvalue weighted by molar-refractivity contribution is 0.364. The summed E-state index contributed by atoms with van der Waals surface area (Å²) in [5, 5.41) is 6.85. The lowest BCUT2D eigenvalue weighted by Gasteiger charge is -2.22. The molecule has 1 aliphatic heterocycles. The van der Waals surface area contributed by atoms with Gasteiger partial charge in [0.2, 0.25) is 5.95 Å². The Kier molecular flexibility index (Phi) is 5.58. The summed E-state index contributed by atoms with van der Waals surface area (Å²) in [6.07, 6.45) is 5.80. The van der Waals surface area contributed by atoms with Gasteiger partial charge >= 0.3 is 0 Å². The number of piperidine rings is 1. The van der Waals surface area contributed by atoms with E-state index in [2.05, 4.69) is 40.5 Å². The number of hydrogen-bond donors (Lipinski definition) is 2. The summed E-state index contributed by atoms with van der Waals surface area (Å²) >= 11 is 0. The zero-order valence-electron chi connectivity index (χ0n) is 12.2. The van der Waals surface area contributed by atoms with Gasteiger partial charge in [-0.1, -0.05) is 13.8 Å². The minimum absolute atomic E-state index is 0.806. The maximum absolute atomic E-state index is 4.54. The summed E-state index contributed by atoms with van der Waals surface area (Å²) in [6, 6.07) is 2.11. The molecule has 1 aromatic heterocycles.